The lowest BCUT2D eigenvalue weighted by Gasteiger charge is -2.16. The van der Waals surface area contributed by atoms with E-state index in [0.717, 1.165) is 29.5 Å². The molecule has 1 aliphatic rings. The number of rotatable bonds is 9. The molecule has 0 bridgehead atoms. The zero-order valence-electron chi connectivity index (χ0n) is 17.4. The van der Waals surface area contributed by atoms with Crippen LogP contribution in [0.25, 0.3) is 6.08 Å². The summed E-state index contributed by atoms with van der Waals surface area (Å²) in [5, 5.41) is 0.257. The standard InChI is InChI=1S/C23H26N2O4S/c1-4-15(2)17-7-5-6-8-18(17)28-11-12-29-19-10-9-16(13-20(19)27-3)14-21-22(26)25-23(24)30-21/h5-10,13-15H,4,11-12H2,1-3H3,(H2,24,25,26)/b21-14-/t15-/m1/s1. The number of nitrogens with two attached hydrogens (primary N) is 1. The van der Waals surface area contributed by atoms with Crippen LogP contribution in [0.15, 0.2) is 52.4 Å². The molecule has 0 radical (unpaired) electrons. The van der Waals surface area contributed by atoms with Gasteiger partial charge < -0.3 is 19.9 Å². The molecule has 0 unspecified atom stereocenters. The first-order valence-electron chi connectivity index (χ1n) is 9.82. The van der Waals surface area contributed by atoms with Gasteiger partial charge in [0.1, 0.15) is 19.0 Å². The number of amides is 1. The molecule has 1 heterocycles. The molecule has 2 aromatic carbocycles. The number of carbonyl (C=O) groups excluding carboxylic acids is 1. The van der Waals surface area contributed by atoms with Gasteiger partial charge in [0.25, 0.3) is 5.91 Å². The number of methoxy groups -OCH3 is 1. The number of aliphatic imine (C=N–C) groups is 1. The van der Waals surface area contributed by atoms with E-state index in [9.17, 15) is 4.79 Å². The molecule has 0 saturated carbocycles. The van der Waals surface area contributed by atoms with Crippen molar-refractivity contribution in [2.75, 3.05) is 20.3 Å². The van der Waals surface area contributed by atoms with E-state index >= 15 is 0 Å². The van der Waals surface area contributed by atoms with Gasteiger partial charge in [-0.3, -0.25) is 4.79 Å². The van der Waals surface area contributed by atoms with Crippen LogP contribution < -0.4 is 19.9 Å². The summed E-state index contributed by atoms with van der Waals surface area (Å²) in [5.74, 6) is 2.19. The largest absolute Gasteiger partial charge is 0.493 e. The number of ether oxygens (including phenoxy) is 3. The summed E-state index contributed by atoms with van der Waals surface area (Å²) in [6.45, 7) is 5.16. The van der Waals surface area contributed by atoms with Crippen molar-refractivity contribution in [3.05, 3.63) is 58.5 Å². The molecule has 2 aromatic rings. The Labute approximate surface area is 181 Å². The fraction of sp³-hybridized carbons (Fsp3) is 0.304. The van der Waals surface area contributed by atoms with Gasteiger partial charge in [-0.15, -0.1) is 0 Å². The Kier molecular flexibility index (Phi) is 7.41. The number of nitrogens with zero attached hydrogens (tertiary/aromatic N) is 1. The second-order valence-corrected chi connectivity index (χ2v) is 7.88. The predicted molar refractivity (Wildman–Crippen MR) is 121 cm³/mol. The van der Waals surface area contributed by atoms with Crippen LogP contribution in [0.3, 0.4) is 0 Å². The molecular weight excluding hydrogens is 400 g/mol. The molecule has 1 amide bonds. The monoisotopic (exact) mass is 426 g/mol. The first kappa shape index (κ1) is 21.8. The Bertz CT molecular complexity index is 971. The highest BCUT2D eigenvalue weighted by Crippen LogP contribution is 2.32. The van der Waals surface area contributed by atoms with Crippen LogP contribution >= 0.6 is 11.8 Å². The lowest BCUT2D eigenvalue weighted by atomic mass is 9.98. The summed E-state index contributed by atoms with van der Waals surface area (Å²) in [4.78, 5) is 15.9. The van der Waals surface area contributed by atoms with Gasteiger partial charge in [0, 0.05) is 0 Å². The molecule has 1 atom stereocenters. The van der Waals surface area contributed by atoms with Gasteiger partial charge in [0.15, 0.2) is 16.7 Å². The lowest BCUT2D eigenvalue weighted by Crippen LogP contribution is -2.11. The van der Waals surface area contributed by atoms with Crippen LogP contribution in [0.2, 0.25) is 0 Å². The number of hydrogen-bond acceptors (Lipinski definition) is 6. The van der Waals surface area contributed by atoms with Crippen molar-refractivity contribution in [3.63, 3.8) is 0 Å². The van der Waals surface area contributed by atoms with Crippen molar-refractivity contribution in [1.82, 2.24) is 0 Å². The molecule has 6 nitrogen and oxygen atoms in total. The second kappa shape index (κ2) is 10.2. The van der Waals surface area contributed by atoms with E-state index in [0.29, 0.717) is 35.5 Å². The lowest BCUT2D eigenvalue weighted by molar-refractivity contribution is -0.113. The predicted octanol–water partition coefficient (Wildman–Crippen LogP) is 4.60. The molecule has 1 aliphatic heterocycles. The van der Waals surface area contributed by atoms with Crippen molar-refractivity contribution in [2.45, 2.75) is 26.2 Å². The molecule has 7 heteroatoms. The summed E-state index contributed by atoms with van der Waals surface area (Å²) in [6, 6.07) is 13.6. The van der Waals surface area contributed by atoms with Gasteiger partial charge in [-0.2, -0.15) is 4.99 Å². The van der Waals surface area contributed by atoms with Crippen molar-refractivity contribution in [2.24, 2.45) is 10.7 Å². The molecule has 158 valence electrons. The third-order valence-electron chi connectivity index (χ3n) is 4.78. The number of amidine groups is 1. The average molecular weight is 427 g/mol. The number of thioether (sulfide) groups is 1. The fourth-order valence-corrected chi connectivity index (χ4v) is 3.69. The number of hydrogen-bond donors (Lipinski definition) is 1. The van der Waals surface area contributed by atoms with Gasteiger partial charge in [0.2, 0.25) is 0 Å². The summed E-state index contributed by atoms with van der Waals surface area (Å²) in [7, 11) is 1.58. The highest BCUT2D eigenvalue weighted by Gasteiger charge is 2.19. The topological polar surface area (TPSA) is 83.1 Å². The van der Waals surface area contributed by atoms with Gasteiger partial charge in [0.05, 0.1) is 12.0 Å². The third-order valence-corrected chi connectivity index (χ3v) is 5.60. The average Bonchev–Trinajstić information content (AvgIpc) is 3.08. The zero-order valence-corrected chi connectivity index (χ0v) is 18.2. The van der Waals surface area contributed by atoms with E-state index in [-0.39, 0.29) is 11.1 Å². The first-order valence-corrected chi connectivity index (χ1v) is 10.6. The van der Waals surface area contributed by atoms with Crippen LogP contribution in [0.4, 0.5) is 0 Å². The van der Waals surface area contributed by atoms with Crippen LogP contribution in [-0.4, -0.2) is 31.4 Å². The van der Waals surface area contributed by atoms with Crippen molar-refractivity contribution >= 4 is 28.9 Å². The molecular formula is C23H26N2O4S. The molecule has 0 spiro atoms. The maximum Gasteiger partial charge on any atom is 0.286 e. The van der Waals surface area contributed by atoms with Crippen molar-refractivity contribution in [3.8, 4) is 17.2 Å². The first-order chi connectivity index (χ1) is 14.5. The second-order valence-electron chi connectivity index (χ2n) is 6.82. The fourth-order valence-electron chi connectivity index (χ4n) is 3.01. The maximum atomic E-state index is 11.8. The quantitative estimate of drug-likeness (QED) is 0.466. The van der Waals surface area contributed by atoms with E-state index in [4.69, 9.17) is 19.9 Å². The van der Waals surface area contributed by atoms with Gasteiger partial charge in [-0.25, -0.2) is 0 Å². The summed E-state index contributed by atoms with van der Waals surface area (Å²) in [6.07, 6.45) is 2.79. The molecule has 0 aromatic heterocycles. The Balaban J connectivity index is 1.60. The Morgan fingerprint density at radius 1 is 1.10 bits per heavy atom. The maximum absolute atomic E-state index is 11.8. The van der Waals surface area contributed by atoms with E-state index in [2.05, 4.69) is 24.9 Å². The molecule has 2 N–H and O–H groups in total. The minimum absolute atomic E-state index is 0.257. The van der Waals surface area contributed by atoms with Crippen LogP contribution in [0.1, 0.15) is 37.3 Å². The van der Waals surface area contributed by atoms with Crippen molar-refractivity contribution in [1.29, 1.82) is 0 Å². The summed E-state index contributed by atoms with van der Waals surface area (Å²) < 4.78 is 17.2. The summed E-state index contributed by atoms with van der Waals surface area (Å²) in [5.41, 5.74) is 7.60. The summed E-state index contributed by atoms with van der Waals surface area (Å²) >= 11 is 1.16. The van der Waals surface area contributed by atoms with E-state index in [1.807, 2.05) is 36.4 Å². The van der Waals surface area contributed by atoms with E-state index in [1.54, 1.807) is 13.2 Å². The van der Waals surface area contributed by atoms with Crippen LogP contribution in [-0.2, 0) is 4.79 Å². The van der Waals surface area contributed by atoms with Gasteiger partial charge >= 0.3 is 0 Å². The molecule has 30 heavy (non-hydrogen) atoms. The Morgan fingerprint density at radius 3 is 2.50 bits per heavy atom. The highest BCUT2D eigenvalue weighted by molar-refractivity contribution is 8.18. The number of benzene rings is 2. The molecule has 3 rings (SSSR count). The van der Waals surface area contributed by atoms with E-state index < -0.39 is 0 Å². The van der Waals surface area contributed by atoms with Crippen molar-refractivity contribution < 1.29 is 19.0 Å². The minimum Gasteiger partial charge on any atom is -0.493 e. The number of para-hydroxylation sites is 1. The smallest absolute Gasteiger partial charge is 0.286 e. The van der Waals surface area contributed by atoms with Crippen LogP contribution in [0, 0.1) is 0 Å². The zero-order chi connectivity index (χ0) is 21.5. The Hall–Kier alpha value is -2.93. The SMILES string of the molecule is CC[C@@H](C)c1ccccc1OCCOc1ccc(/C=C2\SC(N)=NC2=O)cc1OC. The molecule has 0 aliphatic carbocycles. The molecule has 0 fully saturated rings. The Morgan fingerprint density at radius 2 is 1.83 bits per heavy atom. The van der Waals surface area contributed by atoms with Gasteiger partial charge in [-0.05, 0) is 59.5 Å². The third kappa shape index (κ3) is 5.36. The highest BCUT2D eigenvalue weighted by atomic mass is 32.2. The molecule has 0 saturated heterocycles. The number of carbonyl (C=O) groups is 1. The normalized spacial score (nSPS) is 15.8. The minimum atomic E-state index is -0.327. The van der Waals surface area contributed by atoms with Crippen LogP contribution in [0.5, 0.6) is 17.2 Å². The van der Waals surface area contributed by atoms with E-state index in [1.165, 1.54) is 5.56 Å². The van der Waals surface area contributed by atoms with Gasteiger partial charge in [-0.1, -0.05) is 38.1 Å².